The number of hydrogen-bond acceptors (Lipinski definition) is 3. The highest BCUT2D eigenvalue weighted by atomic mass is 79.9. The van der Waals surface area contributed by atoms with Crippen LogP contribution < -0.4 is 4.90 Å². The van der Waals surface area contributed by atoms with Gasteiger partial charge in [-0.2, -0.15) is 0 Å². The molecule has 0 atom stereocenters. The van der Waals surface area contributed by atoms with Crippen molar-refractivity contribution >= 4 is 33.3 Å². The van der Waals surface area contributed by atoms with Gasteiger partial charge < -0.3 is 4.90 Å². The zero-order valence-electron chi connectivity index (χ0n) is 9.07. The number of pyridine rings is 1. The zero-order chi connectivity index (χ0) is 11.4. The molecular weight excluding hydrogens is 289 g/mol. The number of piperazine rings is 1. The lowest BCUT2D eigenvalue weighted by molar-refractivity contribution is 0.272. The van der Waals surface area contributed by atoms with Crippen molar-refractivity contribution in [3.8, 4) is 0 Å². The van der Waals surface area contributed by atoms with Gasteiger partial charge in [-0.15, -0.1) is 11.6 Å². The summed E-state index contributed by atoms with van der Waals surface area (Å²) >= 11 is 9.28. The first-order valence-corrected chi connectivity index (χ1v) is 6.78. The quantitative estimate of drug-likeness (QED) is 0.798. The highest BCUT2D eigenvalue weighted by molar-refractivity contribution is 9.10. The Hall–Kier alpha value is -0.320. The van der Waals surface area contributed by atoms with E-state index in [4.69, 9.17) is 11.6 Å². The maximum Gasteiger partial charge on any atom is 0.142 e. The van der Waals surface area contributed by atoms with Crippen LogP contribution >= 0.6 is 27.5 Å². The van der Waals surface area contributed by atoms with Crippen LogP contribution in [0.3, 0.4) is 0 Å². The van der Waals surface area contributed by atoms with Gasteiger partial charge in [0.05, 0.1) is 4.47 Å². The van der Waals surface area contributed by atoms with Crippen LogP contribution in [0.4, 0.5) is 5.82 Å². The molecule has 0 bridgehead atoms. The van der Waals surface area contributed by atoms with Crippen molar-refractivity contribution in [3.05, 3.63) is 22.8 Å². The van der Waals surface area contributed by atoms with Crippen molar-refractivity contribution in [3.63, 3.8) is 0 Å². The van der Waals surface area contributed by atoms with E-state index in [-0.39, 0.29) is 0 Å². The van der Waals surface area contributed by atoms with E-state index in [1.807, 2.05) is 18.3 Å². The first-order valence-electron chi connectivity index (χ1n) is 5.45. The summed E-state index contributed by atoms with van der Waals surface area (Å²) < 4.78 is 1.07. The third kappa shape index (κ3) is 2.87. The van der Waals surface area contributed by atoms with Gasteiger partial charge in [0.1, 0.15) is 5.82 Å². The summed E-state index contributed by atoms with van der Waals surface area (Å²) in [6.45, 7) is 5.16. The van der Waals surface area contributed by atoms with Gasteiger partial charge in [0.25, 0.3) is 0 Å². The maximum atomic E-state index is 5.74. The van der Waals surface area contributed by atoms with Crippen molar-refractivity contribution in [2.24, 2.45) is 0 Å². The second-order valence-corrected chi connectivity index (χ2v) is 5.06. The minimum Gasteiger partial charge on any atom is -0.353 e. The van der Waals surface area contributed by atoms with Crippen molar-refractivity contribution in [2.75, 3.05) is 43.5 Å². The van der Waals surface area contributed by atoms with E-state index < -0.39 is 0 Å². The fourth-order valence-corrected chi connectivity index (χ4v) is 2.66. The summed E-state index contributed by atoms with van der Waals surface area (Å²) in [5, 5.41) is 0. The highest BCUT2D eigenvalue weighted by Crippen LogP contribution is 2.23. The fraction of sp³-hybridized carbons (Fsp3) is 0.545. The molecule has 2 heterocycles. The highest BCUT2D eigenvalue weighted by Gasteiger charge is 2.18. The van der Waals surface area contributed by atoms with Crippen LogP contribution in [0.15, 0.2) is 22.8 Å². The first kappa shape index (κ1) is 12.1. The third-order valence-corrected chi connectivity index (χ3v) is 3.60. The fourth-order valence-electron chi connectivity index (χ4n) is 1.91. The van der Waals surface area contributed by atoms with Crippen molar-refractivity contribution in [1.82, 2.24) is 9.88 Å². The summed E-state index contributed by atoms with van der Waals surface area (Å²) in [5.74, 6) is 1.76. The van der Waals surface area contributed by atoms with Crippen molar-refractivity contribution in [2.45, 2.75) is 0 Å². The standard InChI is InChI=1S/C11H15BrClN3/c12-10-2-1-4-14-11(10)16-8-6-15(5-3-13)7-9-16/h1-2,4H,3,5-9H2. The summed E-state index contributed by atoms with van der Waals surface area (Å²) in [6.07, 6.45) is 1.84. The van der Waals surface area contributed by atoms with Crippen LogP contribution in [0.1, 0.15) is 0 Å². The molecule has 88 valence electrons. The summed E-state index contributed by atoms with van der Waals surface area (Å²) in [7, 11) is 0. The number of alkyl halides is 1. The van der Waals surface area contributed by atoms with Gasteiger partial charge in [0.15, 0.2) is 0 Å². The number of anilines is 1. The Morgan fingerprint density at radius 3 is 2.69 bits per heavy atom. The molecule has 0 amide bonds. The molecule has 0 aliphatic carbocycles. The molecule has 0 spiro atoms. The van der Waals surface area contributed by atoms with E-state index in [1.165, 1.54) is 0 Å². The average Bonchev–Trinajstić information content (AvgIpc) is 2.31. The Bertz CT molecular complexity index is 340. The van der Waals surface area contributed by atoms with E-state index in [2.05, 4.69) is 30.7 Å². The molecule has 1 aromatic heterocycles. The Labute approximate surface area is 110 Å². The Morgan fingerprint density at radius 1 is 1.31 bits per heavy atom. The molecule has 1 fully saturated rings. The Balaban J connectivity index is 1.96. The molecule has 0 unspecified atom stereocenters. The molecule has 0 radical (unpaired) electrons. The largest absolute Gasteiger partial charge is 0.353 e. The molecule has 0 N–H and O–H groups in total. The SMILES string of the molecule is ClCCN1CCN(c2ncccc2Br)CC1. The molecule has 3 nitrogen and oxygen atoms in total. The van der Waals surface area contributed by atoms with Crippen LogP contribution in [0.5, 0.6) is 0 Å². The van der Waals surface area contributed by atoms with E-state index in [0.717, 1.165) is 43.0 Å². The molecule has 2 rings (SSSR count). The molecule has 1 aromatic rings. The molecule has 0 aromatic carbocycles. The number of hydrogen-bond donors (Lipinski definition) is 0. The van der Waals surface area contributed by atoms with Gasteiger partial charge in [-0.1, -0.05) is 0 Å². The Morgan fingerprint density at radius 2 is 2.06 bits per heavy atom. The predicted molar refractivity (Wildman–Crippen MR) is 71.3 cm³/mol. The van der Waals surface area contributed by atoms with Gasteiger partial charge in [-0.05, 0) is 28.1 Å². The third-order valence-electron chi connectivity index (χ3n) is 2.81. The smallest absolute Gasteiger partial charge is 0.142 e. The minimum absolute atomic E-state index is 0.716. The minimum atomic E-state index is 0.716. The lowest BCUT2D eigenvalue weighted by Gasteiger charge is -2.35. The average molecular weight is 305 g/mol. The van der Waals surface area contributed by atoms with E-state index >= 15 is 0 Å². The first-order chi connectivity index (χ1) is 7.81. The molecule has 1 aliphatic heterocycles. The maximum absolute atomic E-state index is 5.74. The van der Waals surface area contributed by atoms with Gasteiger partial charge >= 0.3 is 0 Å². The van der Waals surface area contributed by atoms with Gasteiger partial charge in [0.2, 0.25) is 0 Å². The number of halogens is 2. The molecule has 1 aliphatic rings. The number of rotatable bonds is 3. The molecule has 16 heavy (non-hydrogen) atoms. The topological polar surface area (TPSA) is 19.4 Å². The van der Waals surface area contributed by atoms with Crippen LogP contribution in [0, 0.1) is 0 Å². The zero-order valence-corrected chi connectivity index (χ0v) is 11.4. The van der Waals surface area contributed by atoms with Gasteiger partial charge in [-0.3, -0.25) is 4.90 Å². The van der Waals surface area contributed by atoms with E-state index in [9.17, 15) is 0 Å². The molecule has 1 saturated heterocycles. The Kier molecular flexibility index (Phi) is 4.44. The van der Waals surface area contributed by atoms with Crippen molar-refractivity contribution < 1.29 is 0 Å². The second kappa shape index (κ2) is 5.84. The monoisotopic (exact) mass is 303 g/mol. The van der Waals surface area contributed by atoms with E-state index in [0.29, 0.717) is 5.88 Å². The summed E-state index contributed by atoms with van der Waals surface area (Å²) in [4.78, 5) is 9.11. The molecular formula is C11H15BrClN3. The summed E-state index contributed by atoms with van der Waals surface area (Å²) in [5.41, 5.74) is 0. The van der Waals surface area contributed by atoms with E-state index in [1.54, 1.807) is 0 Å². The number of aromatic nitrogens is 1. The number of nitrogens with zero attached hydrogens (tertiary/aromatic N) is 3. The second-order valence-electron chi connectivity index (χ2n) is 3.83. The molecule has 0 saturated carbocycles. The van der Waals surface area contributed by atoms with Crippen LogP contribution in [0.2, 0.25) is 0 Å². The predicted octanol–water partition coefficient (Wildman–Crippen LogP) is 2.20. The lowest BCUT2D eigenvalue weighted by atomic mass is 10.3. The van der Waals surface area contributed by atoms with Gasteiger partial charge in [-0.25, -0.2) is 4.98 Å². The van der Waals surface area contributed by atoms with Crippen LogP contribution in [0.25, 0.3) is 0 Å². The molecule has 5 heteroatoms. The normalized spacial score (nSPS) is 17.8. The lowest BCUT2D eigenvalue weighted by Crippen LogP contribution is -2.47. The summed E-state index contributed by atoms with van der Waals surface area (Å²) in [6, 6.07) is 3.98. The van der Waals surface area contributed by atoms with Gasteiger partial charge in [0, 0.05) is 44.8 Å². The van der Waals surface area contributed by atoms with Crippen molar-refractivity contribution in [1.29, 1.82) is 0 Å². The van der Waals surface area contributed by atoms with Crippen LogP contribution in [-0.2, 0) is 0 Å². The van der Waals surface area contributed by atoms with Crippen LogP contribution in [-0.4, -0.2) is 48.5 Å².